The van der Waals surface area contributed by atoms with E-state index in [0.717, 1.165) is 10.8 Å². The summed E-state index contributed by atoms with van der Waals surface area (Å²) >= 11 is 0. The number of nitrogens with one attached hydrogen (secondary N) is 1. The van der Waals surface area contributed by atoms with Crippen LogP contribution in [0.15, 0.2) is 28.1 Å². The smallest absolute Gasteiger partial charge is 0.470 e. The summed E-state index contributed by atoms with van der Waals surface area (Å²) in [5.41, 5.74) is -1.41. The number of aliphatic hydroxyl groups excluding tert-OH is 2. The van der Waals surface area contributed by atoms with Gasteiger partial charge in [-0.3, -0.25) is 18.9 Å². The van der Waals surface area contributed by atoms with E-state index in [9.17, 15) is 24.4 Å². The van der Waals surface area contributed by atoms with E-state index >= 15 is 0 Å². The van der Waals surface area contributed by atoms with Crippen molar-refractivity contribution in [1.29, 1.82) is 0 Å². The Morgan fingerprint density at radius 1 is 1.48 bits per heavy atom. The third-order valence-corrected chi connectivity index (χ3v) is 3.74. The number of phosphoric acid groups is 1. The van der Waals surface area contributed by atoms with Crippen LogP contribution < -0.4 is 11.2 Å². The summed E-state index contributed by atoms with van der Waals surface area (Å²) in [5.74, 6) is -0.654. The second-order valence-corrected chi connectivity index (χ2v) is 6.16. The Kier molecular flexibility index (Phi) is 4.62. The summed E-state index contributed by atoms with van der Waals surface area (Å²) in [7, 11) is -5.01. The van der Waals surface area contributed by atoms with Gasteiger partial charge in [0.15, 0.2) is 6.23 Å². The van der Waals surface area contributed by atoms with Gasteiger partial charge in [0.05, 0.1) is 0 Å². The molecule has 2 heterocycles. The molecule has 5 N–H and O–H groups in total. The monoisotopic (exact) mass is 350 g/mol. The zero-order valence-corrected chi connectivity index (χ0v) is 12.7. The molecule has 4 atom stereocenters. The molecule has 0 saturated carbocycles. The topological polar surface area (TPSA) is 171 Å². The van der Waals surface area contributed by atoms with Gasteiger partial charge in [-0.2, -0.15) is 0 Å². The third kappa shape index (κ3) is 3.61. The number of nitrogens with zero attached hydrogens (tertiary/aromatic N) is 1. The maximum atomic E-state index is 11.8. The molecule has 12 heteroatoms. The van der Waals surface area contributed by atoms with Crippen molar-refractivity contribution in [3.63, 3.8) is 0 Å². The van der Waals surface area contributed by atoms with Crippen LogP contribution in [0.5, 0.6) is 0 Å². The van der Waals surface area contributed by atoms with Crippen LogP contribution in [0, 0.1) is 6.92 Å². The highest BCUT2D eigenvalue weighted by Gasteiger charge is 2.50. The fraction of sp³-hybridized carbons (Fsp3) is 0.455. The number of hydrogen-bond acceptors (Lipinski definition) is 7. The van der Waals surface area contributed by atoms with Crippen LogP contribution >= 0.6 is 7.82 Å². The second-order valence-electron chi connectivity index (χ2n) is 4.97. The molecule has 1 aliphatic rings. The predicted octanol–water partition coefficient (Wildman–Crippen LogP) is -1.35. The van der Waals surface area contributed by atoms with E-state index in [1.165, 1.54) is 6.92 Å². The summed E-state index contributed by atoms with van der Waals surface area (Å²) < 4.78 is 21.5. The van der Waals surface area contributed by atoms with Gasteiger partial charge in [-0.05, 0) is 6.92 Å². The molecular weight excluding hydrogens is 335 g/mol. The number of phosphoric ester groups is 1. The first-order valence-electron chi connectivity index (χ1n) is 6.28. The minimum absolute atomic E-state index is 0.138. The second kappa shape index (κ2) is 6.04. The molecule has 1 saturated heterocycles. The van der Waals surface area contributed by atoms with Gasteiger partial charge in [-0.15, -0.1) is 0 Å². The third-order valence-electron chi connectivity index (χ3n) is 3.22. The largest absolute Gasteiger partial charge is 0.510 e. The molecule has 0 bridgehead atoms. The van der Waals surface area contributed by atoms with Gasteiger partial charge in [-0.1, -0.05) is 6.58 Å². The molecule has 0 aliphatic carbocycles. The van der Waals surface area contributed by atoms with E-state index in [2.05, 4.69) is 11.1 Å². The average Bonchev–Trinajstić information content (AvgIpc) is 2.70. The SMILES string of the molecule is C=C(O)[C@H]1O[C@@H](n2cc(C)c(=O)[nH]c2=O)[C@H](O)[C@@H]1OP(=O)(O)O. The molecule has 1 aromatic heterocycles. The van der Waals surface area contributed by atoms with E-state index in [1.807, 2.05) is 4.98 Å². The van der Waals surface area contributed by atoms with Crippen LogP contribution in [0.25, 0.3) is 0 Å². The number of H-pyrrole nitrogens is 1. The van der Waals surface area contributed by atoms with E-state index in [1.54, 1.807) is 0 Å². The average molecular weight is 350 g/mol. The molecule has 1 fully saturated rings. The Morgan fingerprint density at radius 3 is 2.61 bits per heavy atom. The number of aryl methyl sites for hydroxylation is 1. The van der Waals surface area contributed by atoms with Crippen molar-refractivity contribution in [3.8, 4) is 0 Å². The Bertz CT molecular complexity index is 778. The first-order chi connectivity index (χ1) is 10.5. The predicted molar refractivity (Wildman–Crippen MR) is 74.7 cm³/mol. The lowest BCUT2D eigenvalue weighted by atomic mass is 10.1. The molecule has 1 aromatic rings. The van der Waals surface area contributed by atoms with E-state index in [-0.39, 0.29) is 5.56 Å². The highest BCUT2D eigenvalue weighted by atomic mass is 31.2. The van der Waals surface area contributed by atoms with Crippen molar-refractivity contribution in [2.45, 2.75) is 31.5 Å². The van der Waals surface area contributed by atoms with Gasteiger partial charge in [0.1, 0.15) is 24.1 Å². The fourth-order valence-corrected chi connectivity index (χ4v) is 2.75. The van der Waals surface area contributed by atoms with E-state index < -0.39 is 49.4 Å². The maximum absolute atomic E-state index is 11.8. The summed E-state index contributed by atoms with van der Waals surface area (Å²) in [5, 5.41) is 19.6. The number of aromatic amines is 1. The van der Waals surface area contributed by atoms with Crippen LogP contribution in [-0.4, -0.2) is 47.9 Å². The van der Waals surface area contributed by atoms with Crippen LogP contribution in [0.1, 0.15) is 11.8 Å². The first-order valence-corrected chi connectivity index (χ1v) is 7.81. The van der Waals surface area contributed by atoms with Gasteiger partial charge in [-0.25, -0.2) is 9.36 Å². The quantitative estimate of drug-likeness (QED) is 0.325. The van der Waals surface area contributed by atoms with Crippen molar-refractivity contribution in [2.75, 3.05) is 0 Å². The van der Waals surface area contributed by atoms with Crippen molar-refractivity contribution < 1.29 is 33.8 Å². The molecule has 11 nitrogen and oxygen atoms in total. The zero-order valence-electron chi connectivity index (χ0n) is 11.8. The summed E-state index contributed by atoms with van der Waals surface area (Å²) in [6.45, 7) is 4.58. The lowest BCUT2D eigenvalue weighted by Gasteiger charge is -2.20. The van der Waals surface area contributed by atoms with Crippen LogP contribution in [-0.2, 0) is 13.8 Å². The maximum Gasteiger partial charge on any atom is 0.470 e. The summed E-state index contributed by atoms with van der Waals surface area (Å²) in [4.78, 5) is 42.9. The lowest BCUT2D eigenvalue weighted by Crippen LogP contribution is -2.39. The van der Waals surface area contributed by atoms with Gasteiger partial charge >= 0.3 is 13.5 Å². The lowest BCUT2D eigenvalue weighted by molar-refractivity contribution is -0.0388. The van der Waals surface area contributed by atoms with Gasteiger partial charge in [0, 0.05) is 11.8 Å². The van der Waals surface area contributed by atoms with Crippen molar-refractivity contribution in [1.82, 2.24) is 9.55 Å². The van der Waals surface area contributed by atoms with Crippen LogP contribution in [0.2, 0.25) is 0 Å². The number of rotatable bonds is 4. The van der Waals surface area contributed by atoms with Crippen LogP contribution in [0.3, 0.4) is 0 Å². The Balaban J connectivity index is 2.44. The van der Waals surface area contributed by atoms with Crippen molar-refractivity contribution >= 4 is 7.82 Å². The number of aromatic nitrogens is 2. The Labute approximate surface area is 128 Å². The zero-order chi connectivity index (χ0) is 17.5. The highest BCUT2D eigenvalue weighted by Crippen LogP contribution is 2.44. The minimum atomic E-state index is -5.01. The van der Waals surface area contributed by atoms with Crippen molar-refractivity contribution in [3.05, 3.63) is 44.9 Å². The number of hydrogen-bond donors (Lipinski definition) is 5. The van der Waals surface area contributed by atoms with Gasteiger partial charge in [0.25, 0.3) is 5.56 Å². The molecular formula is C11H15N2O9P. The van der Waals surface area contributed by atoms with E-state index in [0.29, 0.717) is 0 Å². The molecule has 2 rings (SSSR count). The molecule has 0 radical (unpaired) electrons. The summed E-state index contributed by atoms with van der Waals surface area (Å²) in [6, 6.07) is 0. The normalized spacial score (nSPS) is 28.0. The molecule has 0 amide bonds. The van der Waals surface area contributed by atoms with Gasteiger partial charge < -0.3 is 24.7 Å². The Morgan fingerprint density at radius 2 is 2.09 bits per heavy atom. The molecule has 0 spiro atoms. The fourth-order valence-electron chi connectivity index (χ4n) is 2.20. The number of ether oxygens (including phenoxy) is 1. The Hall–Kier alpha value is -1.75. The molecule has 0 aromatic carbocycles. The standard InChI is InChI=1S/C11H15N2O9P/c1-4-3-13(11(17)12-9(4)16)10-6(15)8(22-23(18,19)20)7(21-10)5(2)14/h3,6-8,10,14-15H,2H2,1H3,(H,12,16,17)(H2,18,19,20)/t6-,7-,8+,10-/m1/s1. The molecule has 0 unspecified atom stereocenters. The van der Waals surface area contributed by atoms with Gasteiger partial charge in [0.2, 0.25) is 0 Å². The highest BCUT2D eigenvalue weighted by molar-refractivity contribution is 7.46. The molecule has 128 valence electrons. The minimum Gasteiger partial charge on any atom is -0.510 e. The number of aliphatic hydroxyl groups is 2. The van der Waals surface area contributed by atoms with Crippen LogP contribution in [0.4, 0.5) is 0 Å². The van der Waals surface area contributed by atoms with Crippen molar-refractivity contribution in [2.24, 2.45) is 0 Å². The summed E-state index contributed by atoms with van der Waals surface area (Å²) in [6.07, 6.45) is -5.23. The van der Waals surface area contributed by atoms with E-state index in [4.69, 9.17) is 14.5 Å². The first kappa shape index (κ1) is 17.6. The molecule has 1 aliphatic heterocycles. The molecule has 23 heavy (non-hydrogen) atoms.